The molecule has 0 aromatic rings. The average molecular weight is 186 g/mol. The lowest BCUT2D eigenvalue weighted by atomic mass is 10.1. The van der Waals surface area contributed by atoms with Gasteiger partial charge in [0.05, 0.1) is 6.10 Å². The maximum atomic E-state index is 9.32. The van der Waals surface area contributed by atoms with Crippen molar-refractivity contribution in [2.45, 2.75) is 38.8 Å². The van der Waals surface area contributed by atoms with Gasteiger partial charge in [0.2, 0.25) is 0 Å². The summed E-state index contributed by atoms with van der Waals surface area (Å²) in [5, 5.41) is 9.32. The molecule has 0 radical (unpaired) electrons. The lowest BCUT2D eigenvalue weighted by molar-refractivity contribution is 0.144. The highest BCUT2D eigenvalue weighted by atomic mass is 16.3. The standard InChI is InChI=1S/C10H22N2O/c1-8-5-9(2)12(7-8)4-3-10(13)6-11/h8-10,13H,3-7,11H2,1-2H3. The van der Waals surface area contributed by atoms with Crippen molar-refractivity contribution >= 4 is 0 Å². The van der Waals surface area contributed by atoms with E-state index in [1.54, 1.807) is 0 Å². The molecule has 1 saturated heterocycles. The van der Waals surface area contributed by atoms with Crippen molar-refractivity contribution in [2.75, 3.05) is 19.6 Å². The Balaban J connectivity index is 2.21. The number of aliphatic hydroxyl groups is 1. The molecular formula is C10H22N2O. The van der Waals surface area contributed by atoms with Crippen LogP contribution in [0.3, 0.4) is 0 Å². The molecule has 1 aliphatic heterocycles. The number of nitrogens with two attached hydrogens (primary N) is 1. The summed E-state index contributed by atoms with van der Waals surface area (Å²) in [6, 6.07) is 0.681. The summed E-state index contributed by atoms with van der Waals surface area (Å²) in [6.07, 6.45) is 1.79. The highest BCUT2D eigenvalue weighted by molar-refractivity contribution is 4.80. The van der Waals surface area contributed by atoms with Crippen molar-refractivity contribution in [1.29, 1.82) is 0 Å². The van der Waals surface area contributed by atoms with E-state index in [9.17, 15) is 5.11 Å². The van der Waals surface area contributed by atoms with Crippen molar-refractivity contribution in [2.24, 2.45) is 11.7 Å². The van der Waals surface area contributed by atoms with Gasteiger partial charge < -0.3 is 15.7 Å². The fraction of sp³-hybridized carbons (Fsp3) is 1.00. The molecule has 0 saturated carbocycles. The molecule has 0 amide bonds. The van der Waals surface area contributed by atoms with Gasteiger partial charge in [0.15, 0.2) is 0 Å². The zero-order valence-electron chi connectivity index (χ0n) is 8.74. The maximum absolute atomic E-state index is 9.32. The van der Waals surface area contributed by atoms with E-state index >= 15 is 0 Å². The summed E-state index contributed by atoms with van der Waals surface area (Å²) in [4.78, 5) is 2.45. The second-order valence-corrected chi connectivity index (χ2v) is 4.36. The summed E-state index contributed by atoms with van der Waals surface area (Å²) < 4.78 is 0. The Morgan fingerprint density at radius 1 is 1.54 bits per heavy atom. The Morgan fingerprint density at radius 2 is 2.23 bits per heavy atom. The second kappa shape index (κ2) is 4.94. The summed E-state index contributed by atoms with van der Waals surface area (Å²) >= 11 is 0. The minimum absolute atomic E-state index is 0.317. The first kappa shape index (κ1) is 11.0. The van der Waals surface area contributed by atoms with E-state index in [-0.39, 0.29) is 6.10 Å². The van der Waals surface area contributed by atoms with Gasteiger partial charge in [-0.25, -0.2) is 0 Å². The van der Waals surface area contributed by atoms with Crippen LogP contribution in [-0.2, 0) is 0 Å². The van der Waals surface area contributed by atoms with Crippen molar-refractivity contribution in [3.8, 4) is 0 Å². The van der Waals surface area contributed by atoms with Gasteiger partial charge in [-0.3, -0.25) is 0 Å². The molecule has 1 aliphatic rings. The Labute approximate surface area is 80.9 Å². The van der Waals surface area contributed by atoms with E-state index < -0.39 is 0 Å². The van der Waals surface area contributed by atoms with Crippen LogP contribution in [0.25, 0.3) is 0 Å². The molecule has 0 aromatic carbocycles. The minimum Gasteiger partial charge on any atom is -0.392 e. The molecule has 0 bridgehead atoms. The van der Waals surface area contributed by atoms with E-state index in [2.05, 4.69) is 18.7 Å². The predicted octanol–water partition coefficient (Wildman–Crippen LogP) is 0.426. The van der Waals surface area contributed by atoms with E-state index in [0.717, 1.165) is 18.9 Å². The number of hydrogen-bond acceptors (Lipinski definition) is 3. The monoisotopic (exact) mass is 186 g/mol. The summed E-state index contributed by atoms with van der Waals surface area (Å²) in [5.74, 6) is 0.810. The molecule has 78 valence electrons. The van der Waals surface area contributed by atoms with Crippen LogP contribution in [0, 0.1) is 5.92 Å². The Morgan fingerprint density at radius 3 is 2.69 bits per heavy atom. The molecule has 3 atom stereocenters. The van der Waals surface area contributed by atoms with Crippen LogP contribution < -0.4 is 5.73 Å². The van der Waals surface area contributed by atoms with Crippen LogP contribution in [0.1, 0.15) is 26.7 Å². The van der Waals surface area contributed by atoms with E-state index in [4.69, 9.17) is 5.73 Å². The minimum atomic E-state index is -0.317. The molecule has 0 aliphatic carbocycles. The smallest absolute Gasteiger partial charge is 0.0674 e. The summed E-state index contributed by atoms with van der Waals surface area (Å²) in [7, 11) is 0. The molecule has 3 N–H and O–H groups in total. The van der Waals surface area contributed by atoms with Gasteiger partial charge >= 0.3 is 0 Å². The third kappa shape index (κ3) is 3.25. The highest BCUT2D eigenvalue weighted by Crippen LogP contribution is 2.22. The number of aliphatic hydroxyl groups excluding tert-OH is 1. The molecule has 0 aromatic heterocycles. The van der Waals surface area contributed by atoms with Crippen molar-refractivity contribution in [3.63, 3.8) is 0 Å². The average Bonchev–Trinajstić information content (AvgIpc) is 2.41. The highest BCUT2D eigenvalue weighted by Gasteiger charge is 2.25. The molecule has 3 unspecified atom stereocenters. The number of nitrogens with zero attached hydrogens (tertiary/aromatic N) is 1. The van der Waals surface area contributed by atoms with Gasteiger partial charge in [0.25, 0.3) is 0 Å². The van der Waals surface area contributed by atoms with Gasteiger partial charge in [0.1, 0.15) is 0 Å². The van der Waals surface area contributed by atoms with Gasteiger partial charge in [-0.2, -0.15) is 0 Å². The third-order valence-electron chi connectivity index (χ3n) is 2.93. The van der Waals surface area contributed by atoms with E-state index in [1.165, 1.54) is 13.0 Å². The van der Waals surface area contributed by atoms with Crippen LogP contribution in [-0.4, -0.2) is 41.8 Å². The molecule has 1 fully saturated rings. The van der Waals surface area contributed by atoms with Gasteiger partial charge in [0, 0.05) is 25.7 Å². The molecule has 1 heterocycles. The predicted molar refractivity (Wildman–Crippen MR) is 54.5 cm³/mol. The summed E-state index contributed by atoms with van der Waals surface area (Å²) in [5.41, 5.74) is 5.35. The van der Waals surface area contributed by atoms with E-state index in [0.29, 0.717) is 12.6 Å². The topological polar surface area (TPSA) is 49.5 Å². The molecule has 3 heteroatoms. The normalized spacial score (nSPS) is 32.3. The van der Waals surface area contributed by atoms with Crippen LogP contribution in [0.4, 0.5) is 0 Å². The number of rotatable bonds is 4. The zero-order valence-corrected chi connectivity index (χ0v) is 8.74. The Kier molecular flexibility index (Phi) is 4.16. The third-order valence-corrected chi connectivity index (χ3v) is 2.93. The van der Waals surface area contributed by atoms with Gasteiger partial charge in [-0.1, -0.05) is 6.92 Å². The number of hydrogen-bond donors (Lipinski definition) is 2. The molecule has 3 nitrogen and oxygen atoms in total. The maximum Gasteiger partial charge on any atom is 0.0674 e. The lowest BCUT2D eigenvalue weighted by Crippen LogP contribution is -2.32. The Bertz CT molecular complexity index is 152. The number of likely N-dealkylation sites (tertiary alicyclic amines) is 1. The van der Waals surface area contributed by atoms with Crippen LogP contribution in [0.2, 0.25) is 0 Å². The first-order chi connectivity index (χ1) is 6.13. The fourth-order valence-electron chi connectivity index (χ4n) is 2.13. The van der Waals surface area contributed by atoms with Gasteiger partial charge in [-0.05, 0) is 25.7 Å². The summed E-state index contributed by atoms with van der Waals surface area (Å²) in [6.45, 7) is 7.11. The lowest BCUT2D eigenvalue weighted by Gasteiger charge is -2.21. The van der Waals surface area contributed by atoms with Crippen LogP contribution in [0.15, 0.2) is 0 Å². The van der Waals surface area contributed by atoms with Crippen molar-refractivity contribution < 1.29 is 5.11 Å². The van der Waals surface area contributed by atoms with Crippen LogP contribution >= 0.6 is 0 Å². The SMILES string of the molecule is CC1CC(C)N(CCC(O)CN)C1. The molecule has 0 spiro atoms. The van der Waals surface area contributed by atoms with Crippen molar-refractivity contribution in [1.82, 2.24) is 4.90 Å². The van der Waals surface area contributed by atoms with Crippen molar-refractivity contribution in [3.05, 3.63) is 0 Å². The molecule has 1 rings (SSSR count). The largest absolute Gasteiger partial charge is 0.392 e. The fourth-order valence-corrected chi connectivity index (χ4v) is 2.13. The second-order valence-electron chi connectivity index (χ2n) is 4.36. The zero-order chi connectivity index (χ0) is 9.84. The quantitative estimate of drug-likeness (QED) is 0.669. The van der Waals surface area contributed by atoms with Gasteiger partial charge in [-0.15, -0.1) is 0 Å². The molecule has 13 heavy (non-hydrogen) atoms. The van der Waals surface area contributed by atoms with E-state index in [1.807, 2.05) is 0 Å². The Hall–Kier alpha value is -0.120. The first-order valence-corrected chi connectivity index (χ1v) is 5.25. The van der Waals surface area contributed by atoms with Crippen LogP contribution in [0.5, 0.6) is 0 Å². The molecular weight excluding hydrogens is 164 g/mol. The first-order valence-electron chi connectivity index (χ1n) is 5.25.